The Morgan fingerprint density at radius 1 is 1.08 bits per heavy atom. The number of rotatable bonds is 11. The number of sulfonamides is 1. The van der Waals surface area contributed by atoms with E-state index >= 15 is 0 Å². The number of carbonyl (C=O) groups excluding carboxylic acids is 1. The first kappa shape index (κ1) is 22.8. The van der Waals surface area contributed by atoms with Crippen molar-refractivity contribution in [2.45, 2.75) is 70.1 Å². The van der Waals surface area contributed by atoms with Crippen LogP contribution < -0.4 is 5.32 Å². The zero-order valence-corrected chi connectivity index (χ0v) is 17.6. The molecule has 0 radical (unpaired) electrons. The van der Waals surface area contributed by atoms with Gasteiger partial charge in [0.05, 0.1) is 4.90 Å². The monoisotopic (exact) mass is 402 g/mol. The molecular formula is C19H31ClN2O3S. The van der Waals surface area contributed by atoms with Crippen LogP contribution in [0, 0.1) is 0 Å². The fourth-order valence-electron chi connectivity index (χ4n) is 2.69. The van der Waals surface area contributed by atoms with E-state index in [0.29, 0.717) is 23.6 Å². The molecule has 0 aliphatic rings. The van der Waals surface area contributed by atoms with E-state index in [1.165, 1.54) is 32.4 Å². The van der Waals surface area contributed by atoms with Crippen LogP contribution in [-0.2, 0) is 16.4 Å². The van der Waals surface area contributed by atoms with Gasteiger partial charge in [-0.25, -0.2) is 17.5 Å². The zero-order valence-electron chi connectivity index (χ0n) is 16.1. The molecular weight excluding hydrogens is 372 g/mol. The van der Waals surface area contributed by atoms with E-state index in [9.17, 15) is 13.2 Å². The summed E-state index contributed by atoms with van der Waals surface area (Å²) in [5.41, 5.74) is 0.670. The Balaban J connectivity index is 2.88. The van der Waals surface area contributed by atoms with Gasteiger partial charge in [0.1, 0.15) is 0 Å². The van der Waals surface area contributed by atoms with Crippen LogP contribution in [0.2, 0.25) is 5.02 Å². The minimum atomic E-state index is -3.90. The molecule has 0 saturated heterocycles. The minimum absolute atomic E-state index is 0.157. The third-order valence-electron chi connectivity index (χ3n) is 4.27. The number of nitrogens with one attached hydrogen (secondary N) is 1. The molecule has 0 aromatic heterocycles. The van der Waals surface area contributed by atoms with Gasteiger partial charge in [0.25, 0.3) is 10.0 Å². The van der Waals surface area contributed by atoms with Gasteiger partial charge < -0.3 is 5.32 Å². The minimum Gasteiger partial charge on any atom is -0.337 e. The lowest BCUT2D eigenvalue weighted by Crippen LogP contribution is -2.41. The third kappa shape index (κ3) is 6.80. The van der Waals surface area contributed by atoms with Gasteiger partial charge >= 0.3 is 6.03 Å². The van der Waals surface area contributed by atoms with Crippen molar-refractivity contribution in [1.29, 1.82) is 0 Å². The number of hydrogen-bond donors (Lipinski definition) is 1. The fourth-order valence-corrected chi connectivity index (χ4v) is 4.20. The first-order valence-corrected chi connectivity index (χ1v) is 11.2. The standard InChI is InChI=1S/C19H31ClN2O3S/c1-4-6-7-8-9-10-11-16-15-17(20)12-13-18(16)26(24,25)22(3)19(23)21-14-5-2/h12-13,15H,4-11,14H2,1-3H3,(H,21,23). The first-order valence-electron chi connectivity index (χ1n) is 9.39. The van der Waals surface area contributed by atoms with Crippen LogP contribution >= 0.6 is 11.6 Å². The van der Waals surface area contributed by atoms with Crippen molar-refractivity contribution in [3.05, 3.63) is 28.8 Å². The lowest BCUT2D eigenvalue weighted by Gasteiger charge is -2.20. The Hall–Kier alpha value is -1.27. The van der Waals surface area contributed by atoms with Crippen molar-refractivity contribution in [3.8, 4) is 0 Å². The molecule has 7 heteroatoms. The Kier molecular flexibility index (Phi) is 10.0. The van der Waals surface area contributed by atoms with Crippen LogP contribution in [0.5, 0.6) is 0 Å². The highest BCUT2D eigenvalue weighted by Crippen LogP contribution is 2.25. The number of unbranched alkanes of at least 4 members (excludes halogenated alkanes) is 5. The molecule has 0 aliphatic heterocycles. The Bertz CT molecular complexity index is 677. The topological polar surface area (TPSA) is 66.5 Å². The maximum atomic E-state index is 12.9. The highest BCUT2D eigenvalue weighted by molar-refractivity contribution is 7.89. The van der Waals surface area contributed by atoms with Crippen molar-refractivity contribution in [3.63, 3.8) is 0 Å². The lowest BCUT2D eigenvalue weighted by atomic mass is 10.0. The maximum absolute atomic E-state index is 12.9. The average molecular weight is 403 g/mol. The summed E-state index contributed by atoms with van der Waals surface area (Å²) in [7, 11) is -2.62. The molecule has 1 N–H and O–H groups in total. The van der Waals surface area contributed by atoms with Crippen LogP contribution in [0.15, 0.2) is 23.1 Å². The van der Waals surface area contributed by atoms with E-state index in [1.807, 2.05) is 6.92 Å². The van der Waals surface area contributed by atoms with Gasteiger partial charge in [-0.2, -0.15) is 0 Å². The summed E-state index contributed by atoms with van der Waals surface area (Å²) in [5.74, 6) is 0. The SMILES string of the molecule is CCCCCCCCc1cc(Cl)ccc1S(=O)(=O)N(C)C(=O)NCCC. The van der Waals surface area contributed by atoms with Gasteiger partial charge in [-0.3, -0.25) is 0 Å². The normalized spacial score (nSPS) is 11.4. The number of halogens is 1. The summed E-state index contributed by atoms with van der Waals surface area (Å²) >= 11 is 6.07. The summed E-state index contributed by atoms with van der Waals surface area (Å²) in [4.78, 5) is 12.2. The Morgan fingerprint density at radius 2 is 1.73 bits per heavy atom. The number of nitrogens with zero attached hydrogens (tertiary/aromatic N) is 1. The Labute approximate surface area is 163 Å². The van der Waals surface area contributed by atoms with Crippen LogP contribution in [0.1, 0.15) is 64.4 Å². The average Bonchev–Trinajstić information content (AvgIpc) is 2.61. The van der Waals surface area contributed by atoms with Gasteiger partial charge in [-0.15, -0.1) is 0 Å². The summed E-state index contributed by atoms with van der Waals surface area (Å²) < 4.78 is 26.5. The lowest BCUT2D eigenvalue weighted by molar-refractivity contribution is 0.228. The van der Waals surface area contributed by atoms with Crippen molar-refractivity contribution in [1.82, 2.24) is 9.62 Å². The summed E-state index contributed by atoms with van der Waals surface area (Å²) in [6.07, 6.45) is 8.11. The number of benzene rings is 1. The van der Waals surface area contributed by atoms with Gasteiger partial charge in [-0.1, -0.05) is 57.6 Å². The predicted molar refractivity (Wildman–Crippen MR) is 107 cm³/mol. The first-order chi connectivity index (χ1) is 12.3. The summed E-state index contributed by atoms with van der Waals surface area (Å²) in [6.45, 7) is 4.52. The van der Waals surface area contributed by atoms with Crippen LogP contribution in [0.3, 0.4) is 0 Å². The largest absolute Gasteiger partial charge is 0.337 e. The Morgan fingerprint density at radius 3 is 2.38 bits per heavy atom. The number of aryl methyl sites for hydroxylation is 1. The molecule has 1 rings (SSSR count). The molecule has 0 atom stereocenters. The van der Waals surface area contributed by atoms with Crippen molar-refractivity contribution in [2.75, 3.05) is 13.6 Å². The predicted octanol–water partition coefficient (Wildman–Crippen LogP) is 4.98. The number of urea groups is 1. The van der Waals surface area contributed by atoms with Gasteiger partial charge in [0.2, 0.25) is 0 Å². The molecule has 0 saturated carbocycles. The second-order valence-electron chi connectivity index (χ2n) is 6.47. The number of carbonyl (C=O) groups is 1. The molecule has 2 amide bonds. The number of hydrogen-bond acceptors (Lipinski definition) is 3. The zero-order chi connectivity index (χ0) is 19.6. The van der Waals surface area contributed by atoms with Crippen LogP contribution in [0.25, 0.3) is 0 Å². The summed E-state index contributed by atoms with van der Waals surface area (Å²) in [6, 6.07) is 4.12. The maximum Gasteiger partial charge on any atom is 0.331 e. The second-order valence-corrected chi connectivity index (χ2v) is 8.85. The van der Waals surface area contributed by atoms with E-state index in [1.54, 1.807) is 12.1 Å². The fraction of sp³-hybridized carbons (Fsp3) is 0.632. The molecule has 0 aliphatic carbocycles. The van der Waals surface area contributed by atoms with Crippen molar-refractivity contribution in [2.24, 2.45) is 0 Å². The van der Waals surface area contributed by atoms with E-state index in [0.717, 1.165) is 30.0 Å². The van der Waals surface area contributed by atoms with Crippen LogP contribution in [-0.4, -0.2) is 32.3 Å². The second kappa shape index (κ2) is 11.4. The molecule has 1 aromatic carbocycles. The van der Waals surface area contributed by atoms with Gasteiger partial charge in [-0.05, 0) is 43.0 Å². The highest BCUT2D eigenvalue weighted by Gasteiger charge is 2.27. The number of amides is 2. The molecule has 148 valence electrons. The molecule has 0 bridgehead atoms. The van der Waals surface area contributed by atoms with Gasteiger partial charge in [0, 0.05) is 18.6 Å². The summed E-state index contributed by atoms with van der Waals surface area (Å²) in [5, 5.41) is 3.10. The smallest absolute Gasteiger partial charge is 0.331 e. The molecule has 5 nitrogen and oxygen atoms in total. The van der Waals surface area contributed by atoms with E-state index in [2.05, 4.69) is 12.2 Å². The third-order valence-corrected chi connectivity index (χ3v) is 6.35. The molecule has 0 unspecified atom stereocenters. The molecule has 1 aromatic rings. The van der Waals surface area contributed by atoms with E-state index in [-0.39, 0.29) is 4.90 Å². The quantitative estimate of drug-likeness (QED) is 0.530. The van der Waals surface area contributed by atoms with Crippen molar-refractivity contribution >= 4 is 27.7 Å². The van der Waals surface area contributed by atoms with Gasteiger partial charge in [0.15, 0.2) is 0 Å². The highest BCUT2D eigenvalue weighted by atomic mass is 35.5. The van der Waals surface area contributed by atoms with Crippen molar-refractivity contribution < 1.29 is 13.2 Å². The van der Waals surface area contributed by atoms with E-state index in [4.69, 9.17) is 11.6 Å². The molecule has 0 spiro atoms. The molecule has 26 heavy (non-hydrogen) atoms. The molecule has 0 fully saturated rings. The van der Waals surface area contributed by atoms with E-state index < -0.39 is 16.1 Å². The molecule has 0 heterocycles. The van der Waals surface area contributed by atoms with Crippen LogP contribution in [0.4, 0.5) is 4.79 Å².